The van der Waals surface area contributed by atoms with Gasteiger partial charge in [0.25, 0.3) is 11.5 Å². The van der Waals surface area contributed by atoms with Gasteiger partial charge >= 0.3 is 0 Å². The Morgan fingerprint density at radius 3 is 2.87 bits per heavy atom. The normalized spacial score (nSPS) is 17.1. The summed E-state index contributed by atoms with van der Waals surface area (Å²) in [6.07, 6.45) is 8.73. The summed E-state index contributed by atoms with van der Waals surface area (Å²) in [4.78, 5) is 29.1. The lowest BCUT2D eigenvalue weighted by atomic mass is 9.84. The predicted molar refractivity (Wildman–Crippen MR) is 88.3 cm³/mol. The summed E-state index contributed by atoms with van der Waals surface area (Å²) in [6, 6.07) is 5.18. The van der Waals surface area contributed by atoms with Gasteiger partial charge in [-0.1, -0.05) is 25.3 Å². The lowest BCUT2D eigenvalue weighted by Crippen LogP contribution is -2.47. The summed E-state index contributed by atoms with van der Waals surface area (Å²) in [5.41, 5.74) is 6.07. The number of hydrogen-bond acceptors (Lipinski definition) is 4. The molecule has 3 rings (SSSR count). The fraction of sp³-hybridized carbons (Fsp3) is 0.471. The first-order valence-corrected chi connectivity index (χ1v) is 8.18. The van der Waals surface area contributed by atoms with Crippen molar-refractivity contribution in [2.45, 2.75) is 38.1 Å². The third-order valence-corrected chi connectivity index (χ3v) is 4.65. The molecular weight excluding hydrogens is 292 g/mol. The van der Waals surface area contributed by atoms with Crippen molar-refractivity contribution < 1.29 is 4.79 Å². The highest BCUT2D eigenvalue weighted by Crippen LogP contribution is 2.26. The third kappa shape index (κ3) is 3.27. The van der Waals surface area contributed by atoms with Gasteiger partial charge in [-0.2, -0.15) is 0 Å². The molecule has 2 aromatic heterocycles. The van der Waals surface area contributed by atoms with Crippen LogP contribution in [-0.4, -0.2) is 27.9 Å². The maximum Gasteiger partial charge on any atom is 0.270 e. The number of hydrogen-bond donors (Lipinski definition) is 2. The second-order valence-electron chi connectivity index (χ2n) is 6.12. The number of nitrogens with two attached hydrogens (primary N) is 1. The van der Waals surface area contributed by atoms with Crippen LogP contribution in [0.2, 0.25) is 0 Å². The van der Waals surface area contributed by atoms with Gasteiger partial charge in [0, 0.05) is 25.0 Å². The number of nitrogens with zero attached hydrogens (tertiary/aromatic N) is 2. The Labute approximate surface area is 134 Å². The van der Waals surface area contributed by atoms with Crippen LogP contribution in [0.1, 0.15) is 42.5 Å². The van der Waals surface area contributed by atoms with Gasteiger partial charge in [0.2, 0.25) is 0 Å². The van der Waals surface area contributed by atoms with Crippen molar-refractivity contribution in [3.8, 4) is 0 Å². The smallest absolute Gasteiger partial charge is 0.270 e. The van der Waals surface area contributed by atoms with Gasteiger partial charge in [0.15, 0.2) is 0 Å². The van der Waals surface area contributed by atoms with Crippen molar-refractivity contribution in [3.05, 3.63) is 46.5 Å². The summed E-state index contributed by atoms with van der Waals surface area (Å²) < 4.78 is 1.38. The highest BCUT2D eigenvalue weighted by molar-refractivity contribution is 5.94. The van der Waals surface area contributed by atoms with E-state index in [2.05, 4.69) is 10.3 Å². The van der Waals surface area contributed by atoms with Crippen LogP contribution in [0.4, 0.5) is 0 Å². The van der Waals surface area contributed by atoms with Gasteiger partial charge in [-0.3, -0.25) is 14.0 Å². The standard InChI is InChI=1S/C17H22N4O2/c18-10-14(12-6-2-1-3-7-12)20-16(22)13-11-19-15-8-4-5-9-21(15)17(13)23/h4-5,8-9,11-12,14H,1-3,6-7,10,18H2,(H,20,22). The SMILES string of the molecule is NCC(NC(=O)c1cnc2ccccn2c1=O)C1CCCCC1. The van der Waals surface area contributed by atoms with Crippen molar-refractivity contribution in [2.24, 2.45) is 11.7 Å². The maximum absolute atomic E-state index is 12.5. The Morgan fingerprint density at radius 2 is 2.13 bits per heavy atom. The molecule has 122 valence electrons. The van der Waals surface area contributed by atoms with Crippen molar-refractivity contribution in [3.63, 3.8) is 0 Å². The number of carbonyl (C=O) groups excluding carboxylic acids is 1. The number of amides is 1. The van der Waals surface area contributed by atoms with Gasteiger partial charge in [0.1, 0.15) is 11.2 Å². The van der Waals surface area contributed by atoms with E-state index in [9.17, 15) is 9.59 Å². The zero-order valence-electron chi connectivity index (χ0n) is 13.1. The molecule has 2 aromatic rings. The van der Waals surface area contributed by atoms with Crippen LogP contribution in [0, 0.1) is 5.92 Å². The van der Waals surface area contributed by atoms with E-state index in [1.807, 2.05) is 0 Å². The van der Waals surface area contributed by atoms with Crippen LogP contribution in [0.3, 0.4) is 0 Å². The Balaban J connectivity index is 1.82. The minimum absolute atomic E-state index is 0.0583. The van der Waals surface area contributed by atoms with Crippen LogP contribution in [0.25, 0.3) is 5.65 Å². The minimum Gasteiger partial charge on any atom is -0.348 e. The van der Waals surface area contributed by atoms with Gasteiger partial charge in [-0.05, 0) is 30.9 Å². The minimum atomic E-state index is -0.387. The van der Waals surface area contributed by atoms with E-state index < -0.39 is 0 Å². The maximum atomic E-state index is 12.5. The molecule has 0 aromatic carbocycles. The summed E-state index contributed by atoms with van der Waals surface area (Å²) in [5, 5.41) is 2.94. The Bertz CT molecular complexity index is 750. The number of nitrogens with one attached hydrogen (secondary N) is 1. The van der Waals surface area contributed by atoms with Crippen LogP contribution in [0.15, 0.2) is 35.4 Å². The van der Waals surface area contributed by atoms with Crippen LogP contribution in [-0.2, 0) is 0 Å². The van der Waals surface area contributed by atoms with E-state index in [-0.39, 0.29) is 23.1 Å². The molecular formula is C17H22N4O2. The summed E-state index contributed by atoms with van der Waals surface area (Å²) in [5.74, 6) is 0.00986. The first-order chi connectivity index (χ1) is 11.2. The molecule has 3 N–H and O–H groups in total. The highest BCUT2D eigenvalue weighted by Gasteiger charge is 2.25. The van der Waals surface area contributed by atoms with E-state index in [1.165, 1.54) is 29.9 Å². The van der Waals surface area contributed by atoms with E-state index in [1.54, 1.807) is 24.4 Å². The molecule has 1 fully saturated rings. The molecule has 1 atom stereocenters. The molecule has 1 amide bonds. The quantitative estimate of drug-likeness (QED) is 0.891. The molecule has 1 aliphatic rings. The van der Waals surface area contributed by atoms with E-state index in [0.717, 1.165) is 12.8 Å². The zero-order chi connectivity index (χ0) is 16.2. The van der Waals surface area contributed by atoms with Crippen molar-refractivity contribution in [1.29, 1.82) is 0 Å². The highest BCUT2D eigenvalue weighted by atomic mass is 16.2. The van der Waals surface area contributed by atoms with Crippen molar-refractivity contribution in [2.75, 3.05) is 6.54 Å². The van der Waals surface area contributed by atoms with Gasteiger partial charge in [0.05, 0.1) is 0 Å². The Hall–Kier alpha value is -2.21. The van der Waals surface area contributed by atoms with Gasteiger partial charge < -0.3 is 11.1 Å². The van der Waals surface area contributed by atoms with E-state index >= 15 is 0 Å². The largest absolute Gasteiger partial charge is 0.348 e. The molecule has 1 saturated carbocycles. The molecule has 2 heterocycles. The van der Waals surface area contributed by atoms with Crippen molar-refractivity contribution in [1.82, 2.24) is 14.7 Å². The fourth-order valence-corrected chi connectivity index (χ4v) is 3.33. The molecule has 0 aliphatic heterocycles. The molecule has 6 nitrogen and oxygen atoms in total. The third-order valence-electron chi connectivity index (χ3n) is 4.65. The van der Waals surface area contributed by atoms with Crippen LogP contribution >= 0.6 is 0 Å². The molecule has 1 unspecified atom stereocenters. The fourth-order valence-electron chi connectivity index (χ4n) is 3.33. The molecule has 6 heteroatoms. The first-order valence-electron chi connectivity index (χ1n) is 8.18. The summed E-state index contributed by atoms with van der Waals surface area (Å²) in [7, 11) is 0. The average Bonchev–Trinajstić information content (AvgIpc) is 2.60. The van der Waals surface area contributed by atoms with Gasteiger partial charge in [-0.15, -0.1) is 0 Å². The molecule has 0 bridgehead atoms. The number of rotatable bonds is 4. The van der Waals surface area contributed by atoms with E-state index in [0.29, 0.717) is 18.1 Å². The lowest BCUT2D eigenvalue weighted by Gasteiger charge is -2.30. The van der Waals surface area contributed by atoms with Crippen LogP contribution in [0.5, 0.6) is 0 Å². The van der Waals surface area contributed by atoms with Gasteiger partial charge in [-0.25, -0.2) is 4.98 Å². The monoisotopic (exact) mass is 314 g/mol. The lowest BCUT2D eigenvalue weighted by molar-refractivity contribution is 0.0913. The number of aromatic nitrogens is 2. The number of carbonyl (C=O) groups is 1. The Morgan fingerprint density at radius 1 is 1.35 bits per heavy atom. The summed E-state index contributed by atoms with van der Waals surface area (Å²) in [6.45, 7) is 0.388. The molecule has 0 spiro atoms. The topological polar surface area (TPSA) is 89.5 Å². The summed E-state index contributed by atoms with van der Waals surface area (Å²) >= 11 is 0. The molecule has 23 heavy (non-hydrogen) atoms. The molecule has 0 radical (unpaired) electrons. The van der Waals surface area contributed by atoms with Crippen molar-refractivity contribution >= 4 is 11.6 Å². The molecule has 0 saturated heterocycles. The zero-order valence-corrected chi connectivity index (χ0v) is 13.1. The average molecular weight is 314 g/mol. The second-order valence-corrected chi connectivity index (χ2v) is 6.12. The number of pyridine rings is 1. The predicted octanol–water partition coefficient (Wildman–Crippen LogP) is 1.33. The number of fused-ring (bicyclic) bond motifs is 1. The Kier molecular flexibility index (Phi) is 4.71. The van der Waals surface area contributed by atoms with Crippen LogP contribution < -0.4 is 16.6 Å². The first kappa shape index (κ1) is 15.7. The second kappa shape index (κ2) is 6.91. The molecule has 1 aliphatic carbocycles. The van der Waals surface area contributed by atoms with E-state index in [4.69, 9.17) is 5.73 Å².